The van der Waals surface area contributed by atoms with E-state index in [9.17, 15) is 31.1 Å². The van der Waals surface area contributed by atoms with Gasteiger partial charge in [0, 0.05) is 12.5 Å². The maximum Gasteiger partial charge on any atom is 0.416 e. The number of alkyl halides is 6. The first kappa shape index (κ1) is 16.4. The van der Waals surface area contributed by atoms with E-state index in [1.54, 1.807) is 6.92 Å². The molecule has 0 saturated carbocycles. The van der Waals surface area contributed by atoms with Gasteiger partial charge in [0.05, 0.1) is 11.1 Å². The highest BCUT2D eigenvalue weighted by Gasteiger charge is 2.38. The first-order valence-corrected chi connectivity index (χ1v) is 6.23. The maximum atomic E-state index is 12.8. The van der Waals surface area contributed by atoms with Gasteiger partial charge in [-0.15, -0.1) is 0 Å². The predicted molar refractivity (Wildman–Crippen MR) is 62.9 cm³/mol. The summed E-state index contributed by atoms with van der Waals surface area (Å²) in [5, 5.41) is 2.36. The second-order valence-electron chi connectivity index (χ2n) is 5.01. The summed E-state index contributed by atoms with van der Waals surface area (Å²) in [5.41, 5.74) is -3.19. The molecule has 1 aromatic rings. The van der Waals surface area contributed by atoms with E-state index >= 15 is 0 Å². The molecule has 122 valence electrons. The molecule has 9 heteroatoms. The summed E-state index contributed by atoms with van der Waals surface area (Å²) in [6.45, 7) is 1.58. The van der Waals surface area contributed by atoms with Crippen molar-refractivity contribution in [3.63, 3.8) is 0 Å². The molecule has 2 rings (SSSR count). The fourth-order valence-electron chi connectivity index (χ4n) is 2.16. The summed E-state index contributed by atoms with van der Waals surface area (Å²) >= 11 is 0. The third-order valence-corrected chi connectivity index (χ3v) is 3.16. The molecule has 1 fully saturated rings. The van der Waals surface area contributed by atoms with Crippen molar-refractivity contribution in [2.75, 3.05) is 0 Å². The fourth-order valence-corrected chi connectivity index (χ4v) is 2.16. The maximum absolute atomic E-state index is 12.8. The average molecular weight is 327 g/mol. The van der Waals surface area contributed by atoms with Crippen LogP contribution in [0.25, 0.3) is 0 Å². The van der Waals surface area contributed by atoms with Crippen LogP contribution in [0, 0.1) is 0 Å². The number of cyclic esters (lactones) is 1. The van der Waals surface area contributed by atoms with E-state index < -0.39 is 41.7 Å². The van der Waals surface area contributed by atoms with E-state index in [0.29, 0.717) is 12.1 Å². The van der Waals surface area contributed by atoms with Gasteiger partial charge in [-0.3, -0.25) is 0 Å². The molecule has 1 amide bonds. The van der Waals surface area contributed by atoms with Gasteiger partial charge in [-0.25, -0.2) is 4.79 Å². The molecule has 0 aliphatic carbocycles. The first-order valence-electron chi connectivity index (χ1n) is 6.23. The predicted octanol–water partition coefficient (Wildman–Crippen LogP) is 4.28. The summed E-state index contributed by atoms with van der Waals surface area (Å²) in [5.74, 6) is 0. The lowest BCUT2D eigenvalue weighted by molar-refractivity contribution is -0.143. The van der Waals surface area contributed by atoms with Gasteiger partial charge >= 0.3 is 18.4 Å². The SMILES string of the molecule is C[C@H]1CC(c2cc(C(F)(F)F)cc(C(F)(F)F)c2)OC(=O)N1. The van der Waals surface area contributed by atoms with Gasteiger partial charge in [0.2, 0.25) is 0 Å². The van der Waals surface area contributed by atoms with E-state index in [4.69, 9.17) is 4.74 Å². The van der Waals surface area contributed by atoms with E-state index in [1.807, 2.05) is 0 Å². The third-order valence-electron chi connectivity index (χ3n) is 3.16. The van der Waals surface area contributed by atoms with Gasteiger partial charge in [0.1, 0.15) is 6.10 Å². The van der Waals surface area contributed by atoms with Gasteiger partial charge in [0.15, 0.2) is 0 Å². The Bertz CT molecular complexity index is 549. The molecule has 1 heterocycles. The van der Waals surface area contributed by atoms with Crippen LogP contribution >= 0.6 is 0 Å². The standard InChI is InChI=1S/C13H11F6NO2/c1-6-2-10(22-11(21)20-6)7-3-8(12(14,15)16)5-9(4-7)13(17,18)19/h3-6,10H,2H2,1H3,(H,20,21)/t6-,10?/m0/s1. The number of amides is 1. The molecule has 0 bridgehead atoms. The van der Waals surface area contributed by atoms with Crippen LogP contribution in [0.1, 0.15) is 36.1 Å². The topological polar surface area (TPSA) is 38.3 Å². The molecule has 1 unspecified atom stereocenters. The summed E-state index contributed by atoms with van der Waals surface area (Å²) < 4.78 is 81.4. The molecule has 0 aromatic heterocycles. The van der Waals surface area contributed by atoms with Crippen LogP contribution in [-0.2, 0) is 17.1 Å². The molecule has 1 N–H and O–H groups in total. The largest absolute Gasteiger partial charge is 0.441 e. The number of carbonyl (C=O) groups is 1. The fraction of sp³-hybridized carbons (Fsp3) is 0.462. The van der Waals surface area contributed by atoms with Crippen LogP contribution in [0.5, 0.6) is 0 Å². The van der Waals surface area contributed by atoms with Crippen molar-refractivity contribution >= 4 is 6.09 Å². The van der Waals surface area contributed by atoms with Crippen LogP contribution in [-0.4, -0.2) is 12.1 Å². The summed E-state index contributed by atoms with van der Waals surface area (Å²) in [6.07, 6.45) is -11.8. The van der Waals surface area contributed by atoms with E-state index in [2.05, 4.69) is 5.32 Å². The van der Waals surface area contributed by atoms with Gasteiger partial charge in [-0.05, 0) is 30.7 Å². The van der Waals surface area contributed by atoms with Crippen molar-refractivity contribution in [1.29, 1.82) is 0 Å². The van der Waals surface area contributed by atoms with E-state index in [1.165, 1.54) is 0 Å². The van der Waals surface area contributed by atoms with Gasteiger partial charge < -0.3 is 10.1 Å². The van der Waals surface area contributed by atoms with Crippen LogP contribution in [0.2, 0.25) is 0 Å². The van der Waals surface area contributed by atoms with E-state index in [0.717, 1.165) is 0 Å². The molecule has 2 atom stereocenters. The second-order valence-corrected chi connectivity index (χ2v) is 5.01. The number of nitrogens with one attached hydrogen (secondary N) is 1. The molecule has 1 saturated heterocycles. The lowest BCUT2D eigenvalue weighted by Gasteiger charge is -2.29. The number of carbonyl (C=O) groups excluding carboxylic acids is 1. The third kappa shape index (κ3) is 3.63. The lowest BCUT2D eigenvalue weighted by atomic mass is 9.96. The first-order chi connectivity index (χ1) is 9.96. The van der Waals surface area contributed by atoms with Gasteiger partial charge in [-0.1, -0.05) is 0 Å². The summed E-state index contributed by atoms with van der Waals surface area (Å²) in [6, 6.07) is 0.766. The molecule has 1 aliphatic rings. The number of ether oxygens (including phenoxy) is 1. The van der Waals surface area contributed by atoms with Crippen molar-refractivity contribution in [3.8, 4) is 0 Å². The smallest absolute Gasteiger partial charge is 0.416 e. The highest BCUT2D eigenvalue weighted by atomic mass is 19.4. The number of hydrogen-bond acceptors (Lipinski definition) is 2. The molecule has 1 aliphatic heterocycles. The molecular formula is C13H11F6NO2. The average Bonchev–Trinajstić information content (AvgIpc) is 2.35. The zero-order valence-electron chi connectivity index (χ0n) is 11.2. The molecular weight excluding hydrogens is 316 g/mol. The molecule has 0 radical (unpaired) electrons. The van der Waals surface area contributed by atoms with Gasteiger partial charge in [0.25, 0.3) is 0 Å². The zero-order valence-corrected chi connectivity index (χ0v) is 11.2. The van der Waals surface area contributed by atoms with Crippen molar-refractivity contribution in [2.24, 2.45) is 0 Å². The zero-order chi connectivity index (χ0) is 16.7. The van der Waals surface area contributed by atoms with Crippen molar-refractivity contribution in [2.45, 2.75) is 37.8 Å². The van der Waals surface area contributed by atoms with Crippen molar-refractivity contribution in [1.82, 2.24) is 5.32 Å². The quantitative estimate of drug-likeness (QED) is 0.782. The Morgan fingerprint density at radius 1 is 1.05 bits per heavy atom. The Balaban J connectivity index is 2.48. The normalized spacial score (nSPS) is 23.0. The minimum absolute atomic E-state index is 0.0375. The molecule has 1 aromatic carbocycles. The van der Waals surface area contributed by atoms with Crippen LogP contribution in [0.15, 0.2) is 18.2 Å². The Morgan fingerprint density at radius 2 is 1.55 bits per heavy atom. The van der Waals surface area contributed by atoms with Crippen LogP contribution < -0.4 is 5.32 Å². The Kier molecular flexibility index (Phi) is 4.01. The minimum atomic E-state index is -4.93. The molecule has 0 spiro atoms. The number of rotatable bonds is 1. The number of benzene rings is 1. The van der Waals surface area contributed by atoms with Crippen LogP contribution in [0.4, 0.5) is 31.1 Å². The monoisotopic (exact) mass is 327 g/mol. The Labute approximate surface area is 121 Å². The molecule has 3 nitrogen and oxygen atoms in total. The Hall–Kier alpha value is -1.93. The van der Waals surface area contributed by atoms with Crippen molar-refractivity contribution in [3.05, 3.63) is 34.9 Å². The van der Waals surface area contributed by atoms with E-state index in [-0.39, 0.29) is 18.1 Å². The van der Waals surface area contributed by atoms with Gasteiger partial charge in [-0.2, -0.15) is 26.3 Å². The highest BCUT2D eigenvalue weighted by molar-refractivity contribution is 5.68. The number of hydrogen-bond donors (Lipinski definition) is 1. The van der Waals surface area contributed by atoms with Crippen molar-refractivity contribution < 1.29 is 35.9 Å². The highest BCUT2D eigenvalue weighted by Crippen LogP contribution is 2.39. The minimum Gasteiger partial charge on any atom is -0.441 e. The summed E-state index contributed by atoms with van der Waals surface area (Å²) in [4.78, 5) is 11.2. The lowest BCUT2D eigenvalue weighted by Crippen LogP contribution is -2.40. The number of alkyl carbamates (subject to hydrolysis) is 1. The van der Waals surface area contributed by atoms with Crippen LogP contribution in [0.3, 0.4) is 0 Å². The number of halogens is 6. The molecule has 22 heavy (non-hydrogen) atoms. The second kappa shape index (κ2) is 5.36. The Morgan fingerprint density at radius 3 is 1.95 bits per heavy atom. The summed E-state index contributed by atoms with van der Waals surface area (Å²) in [7, 11) is 0.